The summed E-state index contributed by atoms with van der Waals surface area (Å²) >= 11 is 7.48. The van der Waals surface area contributed by atoms with Crippen LogP contribution in [0.1, 0.15) is 33.6 Å². The number of rotatable bonds is 6. The highest BCUT2D eigenvalue weighted by atomic mass is 35.5. The van der Waals surface area contributed by atoms with E-state index in [0.717, 1.165) is 4.90 Å². The van der Waals surface area contributed by atoms with Crippen molar-refractivity contribution in [1.82, 2.24) is 4.90 Å². The van der Waals surface area contributed by atoms with E-state index in [1.807, 2.05) is 57.2 Å². The molecule has 1 aliphatic rings. The molecule has 1 heterocycles. The topological polar surface area (TPSA) is 81.9 Å². The van der Waals surface area contributed by atoms with Crippen molar-refractivity contribution in [1.29, 1.82) is 0 Å². The number of nitrogens with two attached hydrogens (primary N) is 1. The first-order chi connectivity index (χ1) is 15.1. The van der Waals surface area contributed by atoms with Gasteiger partial charge in [-0.2, -0.15) is 0 Å². The molecule has 0 aromatic heterocycles. The Morgan fingerprint density at radius 2 is 1.56 bits per heavy atom. The number of amides is 2. The summed E-state index contributed by atoms with van der Waals surface area (Å²) in [6.07, 6.45) is 0.693. The number of piperidine rings is 1. The molecule has 3 rings (SSSR count). The van der Waals surface area contributed by atoms with E-state index in [1.54, 1.807) is 28.8 Å². The van der Waals surface area contributed by atoms with Crippen LogP contribution in [0.15, 0.2) is 53.4 Å². The molecule has 2 N–H and O–H groups in total. The fourth-order valence-corrected chi connectivity index (χ4v) is 4.70. The summed E-state index contributed by atoms with van der Waals surface area (Å²) in [4.78, 5) is 27.3. The largest absolute Gasteiger partial charge is 0.457 e. The minimum absolute atomic E-state index is 0.323. The molecule has 2 aromatic rings. The molecule has 2 aromatic carbocycles. The molecule has 6 nitrogen and oxygen atoms in total. The summed E-state index contributed by atoms with van der Waals surface area (Å²) in [5.41, 5.74) is 4.60. The van der Waals surface area contributed by atoms with Crippen molar-refractivity contribution in [3.05, 3.63) is 53.6 Å². The molecule has 172 valence electrons. The van der Waals surface area contributed by atoms with Gasteiger partial charge in [0.15, 0.2) is 0 Å². The molecule has 2 amide bonds. The van der Waals surface area contributed by atoms with E-state index in [2.05, 4.69) is 0 Å². The zero-order chi connectivity index (χ0) is 23.4. The third-order valence-electron chi connectivity index (χ3n) is 5.28. The van der Waals surface area contributed by atoms with Crippen LogP contribution >= 0.6 is 23.4 Å². The maximum Gasteiger partial charge on any atom is 0.410 e. The summed E-state index contributed by atoms with van der Waals surface area (Å²) in [6.45, 7) is 6.42. The van der Waals surface area contributed by atoms with E-state index in [-0.39, 0.29) is 12.0 Å². The molecule has 0 atom stereocenters. The maximum atomic E-state index is 12.3. The minimum atomic E-state index is -0.651. The normalized spacial score (nSPS) is 15.8. The highest BCUT2D eigenvalue weighted by Crippen LogP contribution is 2.38. The Morgan fingerprint density at radius 3 is 2.06 bits per heavy atom. The maximum absolute atomic E-state index is 12.3. The van der Waals surface area contributed by atoms with Gasteiger partial charge in [0, 0.05) is 28.8 Å². The van der Waals surface area contributed by atoms with Crippen LogP contribution < -0.4 is 10.5 Å². The number of halogens is 1. The summed E-state index contributed by atoms with van der Waals surface area (Å²) in [7, 11) is 0. The van der Waals surface area contributed by atoms with E-state index in [1.165, 1.54) is 0 Å². The lowest BCUT2D eigenvalue weighted by Crippen LogP contribution is -2.51. The number of hydrogen-bond donors (Lipinski definition) is 1. The van der Waals surface area contributed by atoms with Gasteiger partial charge in [-0.25, -0.2) is 4.79 Å². The number of hydrogen-bond acceptors (Lipinski definition) is 5. The molecule has 1 fully saturated rings. The predicted octanol–water partition coefficient (Wildman–Crippen LogP) is 5.73. The second-order valence-corrected chi connectivity index (χ2v) is 10.4. The molecule has 0 radical (unpaired) electrons. The van der Waals surface area contributed by atoms with Crippen LogP contribution in [0, 0.1) is 5.41 Å². The molecule has 0 unspecified atom stereocenters. The molecule has 8 heteroatoms. The first-order valence-corrected chi connectivity index (χ1v) is 11.9. The van der Waals surface area contributed by atoms with Crippen LogP contribution in [0.3, 0.4) is 0 Å². The highest BCUT2D eigenvalue weighted by Gasteiger charge is 2.41. The molecule has 0 aliphatic carbocycles. The second-order valence-electron chi connectivity index (χ2n) is 8.93. The Morgan fingerprint density at radius 1 is 1.03 bits per heavy atom. The molecule has 0 bridgehead atoms. The van der Waals surface area contributed by atoms with Crippen molar-refractivity contribution in [3.63, 3.8) is 0 Å². The minimum Gasteiger partial charge on any atom is -0.457 e. The second kappa shape index (κ2) is 10.0. The van der Waals surface area contributed by atoms with E-state index in [0.29, 0.717) is 48.2 Å². The van der Waals surface area contributed by atoms with Crippen LogP contribution in [-0.4, -0.2) is 41.3 Å². The van der Waals surface area contributed by atoms with E-state index < -0.39 is 11.0 Å². The van der Waals surface area contributed by atoms with Gasteiger partial charge in [0.1, 0.15) is 17.1 Å². The van der Waals surface area contributed by atoms with Crippen LogP contribution in [0.2, 0.25) is 5.02 Å². The zero-order valence-electron chi connectivity index (χ0n) is 18.6. The fraction of sp³-hybridized carbons (Fsp3) is 0.417. The molecular formula is C24H29ClN2O4S. The van der Waals surface area contributed by atoms with E-state index >= 15 is 0 Å². The molecule has 1 saturated heterocycles. The van der Waals surface area contributed by atoms with Gasteiger partial charge >= 0.3 is 6.09 Å². The van der Waals surface area contributed by atoms with E-state index in [4.69, 9.17) is 26.8 Å². The lowest BCUT2D eigenvalue weighted by atomic mass is 9.79. The molecule has 0 spiro atoms. The quantitative estimate of drug-likeness (QED) is 0.538. The van der Waals surface area contributed by atoms with Crippen LogP contribution in [-0.2, 0) is 9.53 Å². The average Bonchev–Trinajstić information content (AvgIpc) is 2.74. The number of primary amides is 1. The van der Waals surface area contributed by atoms with Gasteiger partial charge in [-0.15, -0.1) is 11.8 Å². The first kappa shape index (κ1) is 24.3. The lowest BCUT2D eigenvalue weighted by molar-refractivity contribution is -0.129. The Kier molecular flexibility index (Phi) is 7.62. The van der Waals surface area contributed by atoms with Gasteiger partial charge in [0.2, 0.25) is 5.91 Å². The van der Waals surface area contributed by atoms with Crippen LogP contribution in [0.5, 0.6) is 11.5 Å². The standard InChI is InChI=1S/C24H29ClN2O4S/c1-23(2,3)31-22(29)27-14-12-24(13-15-27,21(26)28)16-32-20-10-8-19(9-11-20)30-18-6-4-17(25)5-7-18/h4-11H,12-16H2,1-3H3,(H2,26,28). The SMILES string of the molecule is CC(C)(C)OC(=O)N1CCC(CSc2ccc(Oc3ccc(Cl)cc3)cc2)(C(N)=O)CC1. The first-order valence-electron chi connectivity index (χ1n) is 10.5. The summed E-state index contributed by atoms with van der Waals surface area (Å²) in [6, 6.07) is 14.9. The van der Waals surface area contributed by atoms with Gasteiger partial charge in [0.05, 0.1) is 5.41 Å². The van der Waals surface area contributed by atoms with Gasteiger partial charge < -0.3 is 20.1 Å². The van der Waals surface area contributed by atoms with E-state index in [9.17, 15) is 9.59 Å². The predicted molar refractivity (Wildman–Crippen MR) is 127 cm³/mol. The van der Waals surface area contributed by atoms with Crippen molar-refractivity contribution < 1.29 is 19.1 Å². The Hall–Kier alpha value is -2.38. The number of likely N-dealkylation sites (tertiary alicyclic amines) is 1. The number of carbonyl (C=O) groups is 2. The highest BCUT2D eigenvalue weighted by molar-refractivity contribution is 7.99. The Balaban J connectivity index is 1.56. The summed E-state index contributed by atoms with van der Waals surface area (Å²) in [5, 5.41) is 0.657. The van der Waals surface area contributed by atoms with Gasteiger partial charge in [-0.3, -0.25) is 4.79 Å². The average molecular weight is 477 g/mol. The Bertz CT molecular complexity index is 934. The number of nitrogens with zero attached hydrogens (tertiary/aromatic N) is 1. The molecule has 1 aliphatic heterocycles. The van der Waals surface area contributed by atoms with Crippen molar-refractivity contribution in [3.8, 4) is 11.5 Å². The number of carbonyl (C=O) groups excluding carboxylic acids is 2. The monoisotopic (exact) mass is 476 g/mol. The van der Waals surface area contributed by atoms with Crippen molar-refractivity contribution in [2.45, 2.75) is 44.1 Å². The van der Waals surface area contributed by atoms with Crippen molar-refractivity contribution in [2.75, 3.05) is 18.8 Å². The van der Waals surface area contributed by atoms with Gasteiger partial charge in [0.25, 0.3) is 0 Å². The molecular weight excluding hydrogens is 448 g/mol. The summed E-state index contributed by atoms with van der Waals surface area (Å²) < 4.78 is 11.3. The summed E-state index contributed by atoms with van der Waals surface area (Å²) in [5.74, 6) is 1.66. The van der Waals surface area contributed by atoms with Crippen LogP contribution in [0.4, 0.5) is 4.79 Å². The third kappa shape index (κ3) is 6.56. The number of benzene rings is 2. The molecule has 0 saturated carbocycles. The Labute approximate surface area is 198 Å². The zero-order valence-corrected chi connectivity index (χ0v) is 20.2. The third-order valence-corrected chi connectivity index (χ3v) is 6.84. The molecule has 32 heavy (non-hydrogen) atoms. The van der Waals surface area contributed by atoms with Gasteiger partial charge in [-0.1, -0.05) is 11.6 Å². The number of thioether (sulfide) groups is 1. The fourth-order valence-electron chi connectivity index (χ4n) is 3.37. The lowest BCUT2D eigenvalue weighted by Gasteiger charge is -2.39. The smallest absolute Gasteiger partial charge is 0.410 e. The van der Waals surface area contributed by atoms with Crippen LogP contribution in [0.25, 0.3) is 0 Å². The van der Waals surface area contributed by atoms with Gasteiger partial charge in [-0.05, 0) is 82.1 Å². The number of ether oxygens (including phenoxy) is 2. The van der Waals surface area contributed by atoms with Crippen molar-refractivity contribution >= 4 is 35.4 Å². The van der Waals surface area contributed by atoms with Crippen molar-refractivity contribution in [2.24, 2.45) is 11.1 Å².